The van der Waals surface area contributed by atoms with Gasteiger partial charge in [0.1, 0.15) is 0 Å². The van der Waals surface area contributed by atoms with E-state index < -0.39 is 0 Å². The van der Waals surface area contributed by atoms with Crippen molar-refractivity contribution in [2.75, 3.05) is 13.1 Å². The van der Waals surface area contributed by atoms with E-state index in [1.54, 1.807) is 0 Å². The number of hydrogen-bond acceptors (Lipinski definition) is 3. The summed E-state index contributed by atoms with van der Waals surface area (Å²) < 4.78 is 0. The third kappa shape index (κ3) is 4.05. The molecular formula is C16H25N3O. The average Bonchev–Trinajstić information content (AvgIpc) is 2.75. The minimum atomic E-state index is -0.202. The Kier molecular flexibility index (Phi) is 5.56. The maximum atomic E-state index is 11.5. The SMILES string of the molecule is CC(C(=O)NN)c1ccc(CN2CCCCCC2)cc1. The molecule has 1 saturated heterocycles. The zero-order chi connectivity index (χ0) is 14.4. The van der Waals surface area contributed by atoms with Gasteiger partial charge in [-0.1, -0.05) is 37.1 Å². The second kappa shape index (κ2) is 7.41. The first-order chi connectivity index (χ1) is 9.70. The third-order valence-electron chi connectivity index (χ3n) is 4.12. The van der Waals surface area contributed by atoms with Gasteiger partial charge in [0.2, 0.25) is 5.91 Å². The lowest BCUT2D eigenvalue weighted by molar-refractivity contribution is -0.122. The van der Waals surface area contributed by atoms with Gasteiger partial charge in [-0.2, -0.15) is 0 Å². The molecule has 1 unspecified atom stereocenters. The molecule has 1 atom stereocenters. The van der Waals surface area contributed by atoms with Crippen LogP contribution in [-0.2, 0) is 11.3 Å². The molecule has 1 aliphatic heterocycles. The lowest BCUT2D eigenvalue weighted by Gasteiger charge is -2.20. The van der Waals surface area contributed by atoms with Crippen molar-refractivity contribution in [3.63, 3.8) is 0 Å². The third-order valence-corrected chi connectivity index (χ3v) is 4.12. The number of hydrazine groups is 1. The van der Waals surface area contributed by atoms with Crippen molar-refractivity contribution >= 4 is 5.91 Å². The zero-order valence-electron chi connectivity index (χ0n) is 12.3. The summed E-state index contributed by atoms with van der Waals surface area (Å²) in [5.41, 5.74) is 4.53. The Bertz CT molecular complexity index is 422. The first-order valence-corrected chi connectivity index (χ1v) is 7.52. The highest BCUT2D eigenvalue weighted by Crippen LogP contribution is 2.18. The van der Waals surface area contributed by atoms with Crippen LogP contribution in [0.1, 0.15) is 49.7 Å². The molecule has 1 amide bonds. The number of nitrogens with one attached hydrogen (secondary N) is 1. The van der Waals surface area contributed by atoms with Crippen LogP contribution < -0.4 is 11.3 Å². The molecule has 0 bridgehead atoms. The quantitative estimate of drug-likeness (QED) is 0.503. The Morgan fingerprint density at radius 2 is 1.80 bits per heavy atom. The molecule has 1 aromatic rings. The van der Waals surface area contributed by atoms with Crippen LogP contribution in [0.2, 0.25) is 0 Å². The van der Waals surface area contributed by atoms with Gasteiger partial charge in [0.25, 0.3) is 0 Å². The molecule has 1 heterocycles. The van der Waals surface area contributed by atoms with Gasteiger partial charge in [0.15, 0.2) is 0 Å². The Labute approximate surface area is 121 Å². The first kappa shape index (κ1) is 15.0. The fourth-order valence-corrected chi connectivity index (χ4v) is 2.74. The van der Waals surface area contributed by atoms with E-state index in [0.29, 0.717) is 0 Å². The van der Waals surface area contributed by atoms with Crippen LogP contribution in [0.5, 0.6) is 0 Å². The van der Waals surface area contributed by atoms with E-state index >= 15 is 0 Å². The molecule has 110 valence electrons. The van der Waals surface area contributed by atoms with E-state index in [2.05, 4.69) is 22.5 Å². The molecule has 0 spiro atoms. The zero-order valence-corrected chi connectivity index (χ0v) is 12.3. The van der Waals surface area contributed by atoms with Gasteiger partial charge in [-0.05, 0) is 44.0 Å². The van der Waals surface area contributed by atoms with Gasteiger partial charge >= 0.3 is 0 Å². The number of carbonyl (C=O) groups excluding carboxylic acids is 1. The minimum absolute atomic E-state index is 0.148. The molecule has 0 aliphatic carbocycles. The molecule has 0 radical (unpaired) electrons. The number of benzene rings is 1. The highest BCUT2D eigenvalue weighted by atomic mass is 16.2. The van der Waals surface area contributed by atoms with E-state index in [1.165, 1.54) is 44.3 Å². The van der Waals surface area contributed by atoms with Crippen LogP contribution in [0.25, 0.3) is 0 Å². The van der Waals surface area contributed by atoms with Gasteiger partial charge < -0.3 is 0 Å². The number of rotatable bonds is 4. The number of likely N-dealkylation sites (tertiary alicyclic amines) is 1. The van der Waals surface area contributed by atoms with Crippen LogP contribution in [0, 0.1) is 0 Å². The summed E-state index contributed by atoms with van der Waals surface area (Å²) in [6, 6.07) is 8.32. The van der Waals surface area contributed by atoms with Gasteiger partial charge in [-0.3, -0.25) is 15.1 Å². The van der Waals surface area contributed by atoms with E-state index in [4.69, 9.17) is 5.84 Å². The topological polar surface area (TPSA) is 58.4 Å². The fraction of sp³-hybridized carbons (Fsp3) is 0.562. The van der Waals surface area contributed by atoms with E-state index in [1.807, 2.05) is 19.1 Å². The van der Waals surface area contributed by atoms with E-state index in [0.717, 1.165) is 12.1 Å². The lowest BCUT2D eigenvalue weighted by atomic mass is 9.99. The summed E-state index contributed by atoms with van der Waals surface area (Å²) in [6.45, 7) is 5.28. The first-order valence-electron chi connectivity index (χ1n) is 7.52. The minimum Gasteiger partial charge on any atom is -0.299 e. The van der Waals surface area contributed by atoms with Crippen molar-refractivity contribution in [1.29, 1.82) is 0 Å². The summed E-state index contributed by atoms with van der Waals surface area (Å²) in [5.74, 6) is 4.82. The van der Waals surface area contributed by atoms with Crippen molar-refractivity contribution in [1.82, 2.24) is 10.3 Å². The Hall–Kier alpha value is -1.39. The highest BCUT2D eigenvalue weighted by molar-refractivity contribution is 5.82. The largest absolute Gasteiger partial charge is 0.299 e. The number of nitrogens with zero attached hydrogens (tertiary/aromatic N) is 1. The molecule has 2 rings (SSSR count). The van der Waals surface area contributed by atoms with Gasteiger partial charge in [0.05, 0.1) is 5.92 Å². The second-order valence-corrected chi connectivity index (χ2v) is 5.66. The van der Waals surface area contributed by atoms with Crippen LogP contribution in [0.4, 0.5) is 0 Å². The molecule has 1 aromatic carbocycles. The summed E-state index contributed by atoms with van der Waals surface area (Å²) in [6.07, 6.45) is 5.35. The van der Waals surface area contributed by atoms with Gasteiger partial charge in [-0.25, -0.2) is 5.84 Å². The lowest BCUT2D eigenvalue weighted by Crippen LogP contribution is -2.33. The number of amides is 1. The normalized spacial score (nSPS) is 18.3. The smallest absolute Gasteiger partial charge is 0.241 e. The van der Waals surface area contributed by atoms with Crippen molar-refractivity contribution in [3.8, 4) is 0 Å². The highest BCUT2D eigenvalue weighted by Gasteiger charge is 2.14. The summed E-state index contributed by atoms with van der Waals surface area (Å²) in [4.78, 5) is 14.0. The van der Waals surface area contributed by atoms with E-state index in [9.17, 15) is 4.79 Å². The summed E-state index contributed by atoms with van der Waals surface area (Å²) in [7, 11) is 0. The standard InChI is InChI=1S/C16H25N3O/c1-13(16(20)18-17)15-8-6-14(7-9-15)12-19-10-4-2-3-5-11-19/h6-9,13H,2-5,10-12,17H2,1H3,(H,18,20). The van der Waals surface area contributed by atoms with Crippen LogP contribution in [0.15, 0.2) is 24.3 Å². The Balaban J connectivity index is 1.95. The molecule has 1 fully saturated rings. The molecule has 3 N–H and O–H groups in total. The van der Waals surface area contributed by atoms with Crippen LogP contribution in [0.3, 0.4) is 0 Å². The second-order valence-electron chi connectivity index (χ2n) is 5.66. The Morgan fingerprint density at radius 3 is 2.35 bits per heavy atom. The monoisotopic (exact) mass is 275 g/mol. The number of nitrogens with two attached hydrogens (primary N) is 1. The van der Waals surface area contributed by atoms with Crippen molar-refractivity contribution in [2.24, 2.45) is 5.84 Å². The maximum Gasteiger partial charge on any atom is 0.241 e. The van der Waals surface area contributed by atoms with E-state index in [-0.39, 0.29) is 11.8 Å². The number of hydrogen-bond donors (Lipinski definition) is 2. The van der Waals surface area contributed by atoms with Crippen molar-refractivity contribution < 1.29 is 4.79 Å². The van der Waals surface area contributed by atoms with Crippen LogP contribution >= 0.6 is 0 Å². The fourth-order valence-electron chi connectivity index (χ4n) is 2.74. The van der Waals surface area contributed by atoms with Crippen molar-refractivity contribution in [2.45, 2.75) is 45.1 Å². The summed E-state index contributed by atoms with van der Waals surface area (Å²) >= 11 is 0. The molecule has 0 saturated carbocycles. The molecular weight excluding hydrogens is 250 g/mol. The predicted octanol–water partition coefficient (Wildman–Crippen LogP) is 2.16. The predicted molar refractivity (Wildman–Crippen MR) is 80.9 cm³/mol. The number of carbonyl (C=O) groups is 1. The van der Waals surface area contributed by atoms with Gasteiger partial charge in [0, 0.05) is 6.54 Å². The molecule has 20 heavy (non-hydrogen) atoms. The maximum absolute atomic E-state index is 11.5. The summed E-state index contributed by atoms with van der Waals surface area (Å²) in [5, 5.41) is 0. The molecule has 0 aromatic heterocycles. The van der Waals surface area contributed by atoms with Crippen LogP contribution in [-0.4, -0.2) is 23.9 Å². The molecule has 1 aliphatic rings. The molecule has 4 nitrogen and oxygen atoms in total. The molecule has 4 heteroatoms. The average molecular weight is 275 g/mol. The van der Waals surface area contributed by atoms with Crippen molar-refractivity contribution in [3.05, 3.63) is 35.4 Å². The van der Waals surface area contributed by atoms with Gasteiger partial charge in [-0.15, -0.1) is 0 Å². The Morgan fingerprint density at radius 1 is 1.20 bits per heavy atom.